The summed E-state index contributed by atoms with van der Waals surface area (Å²) < 4.78 is 0. The lowest BCUT2D eigenvalue weighted by Gasteiger charge is -2.16. The van der Waals surface area contributed by atoms with Crippen molar-refractivity contribution >= 4 is 17.8 Å². The third kappa shape index (κ3) is 4.57. The summed E-state index contributed by atoms with van der Waals surface area (Å²) in [6, 6.07) is 9.46. The van der Waals surface area contributed by atoms with Crippen LogP contribution in [0.2, 0.25) is 0 Å². The highest BCUT2D eigenvalue weighted by Crippen LogP contribution is 2.33. The Morgan fingerprint density at radius 2 is 1.88 bits per heavy atom. The van der Waals surface area contributed by atoms with E-state index < -0.39 is 11.9 Å². The number of rotatable bonds is 7. The Kier molecular flexibility index (Phi) is 6.35. The molecule has 1 fully saturated rings. The number of carboxylic acids is 1. The third-order valence-electron chi connectivity index (χ3n) is 4.39. The first-order chi connectivity index (χ1) is 11.5. The Labute approximate surface area is 141 Å². The van der Waals surface area contributed by atoms with Gasteiger partial charge in [-0.3, -0.25) is 14.4 Å². The molecule has 2 amide bonds. The van der Waals surface area contributed by atoms with E-state index in [1.54, 1.807) is 4.90 Å². The molecule has 1 saturated heterocycles. The number of likely N-dealkylation sites (tertiary alicyclic amines) is 1. The van der Waals surface area contributed by atoms with Crippen molar-refractivity contribution in [3.63, 3.8) is 0 Å². The van der Waals surface area contributed by atoms with Crippen LogP contribution >= 0.6 is 0 Å². The van der Waals surface area contributed by atoms with Crippen LogP contribution in [0.3, 0.4) is 0 Å². The van der Waals surface area contributed by atoms with E-state index in [1.165, 1.54) is 0 Å². The summed E-state index contributed by atoms with van der Waals surface area (Å²) in [6.45, 7) is 3.08. The van der Waals surface area contributed by atoms with Crippen LogP contribution in [0.5, 0.6) is 0 Å². The molecule has 1 aliphatic heterocycles. The summed E-state index contributed by atoms with van der Waals surface area (Å²) in [5.74, 6) is -1.78. The van der Waals surface area contributed by atoms with Gasteiger partial charge >= 0.3 is 5.97 Å². The molecule has 0 unspecified atom stereocenters. The summed E-state index contributed by atoms with van der Waals surface area (Å²) in [6.07, 6.45) is 1.07. The standard InChI is InChI=1S/C18H24N2O4/c1-2-19-16(21)9-6-10-17(22)20-11-14(15(12-20)18(23)24)13-7-4-3-5-8-13/h3-5,7-8,14-15H,2,6,9-12H2,1H3,(H,19,21)(H,23,24)/t14-,15-/m0/s1. The summed E-state index contributed by atoms with van der Waals surface area (Å²) in [7, 11) is 0. The van der Waals surface area contributed by atoms with E-state index in [4.69, 9.17) is 0 Å². The fourth-order valence-corrected chi connectivity index (χ4v) is 3.14. The first-order valence-corrected chi connectivity index (χ1v) is 8.35. The molecule has 1 heterocycles. The summed E-state index contributed by atoms with van der Waals surface area (Å²) in [5, 5.41) is 12.2. The molecule has 0 aliphatic carbocycles. The molecule has 6 nitrogen and oxygen atoms in total. The average molecular weight is 332 g/mol. The van der Waals surface area contributed by atoms with Crippen LogP contribution in [-0.2, 0) is 14.4 Å². The van der Waals surface area contributed by atoms with Crippen molar-refractivity contribution in [3.05, 3.63) is 35.9 Å². The number of carboxylic acid groups (broad SMARTS) is 1. The number of hydrogen-bond donors (Lipinski definition) is 2. The molecule has 130 valence electrons. The molecular weight excluding hydrogens is 308 g/mol. The molecule has 0 aromatic heterocycles. The lowest BCUT2D eigenvalue weighted by Crippen LogP contribution is -2.30. The highest BCUT2D eigenvalue weighted by Gasteiger charge is 2.40. The van der Waals surface area contributed by atoms with Crippen molar-refractivity contribution in [2.75, 3.05) is 19.6 Å². The first-order valence-electron chi connectivity index (χ1n) is 8.35. The van der Waals surface area contributed by atoms with Gasteiger partial charge in [0, 0.05) is 38.4 Å². The average Bonchev–Trinajstić information content (AvgIpc) is 3.01. The minimum atomic E-state index is -0.874. The molecule has 1 aromatic carbocycles. The van der Waals surface area contributed by atoms with Gasteiger partial charge in [-0.15, -0.1) is 0 Å². The molecule has 1 aliphatic rings. The van der Waals surface area contributed by atoms with Crippen LogP contribution in [0, 0.1) is 5.92 Å². The Morgan fingerprint density at radius 3 is 2.50 bits per heavy atom. The topological polar surface area (TPSA) is 86.7 Å². The van der Waals surface area contributed by atoms with E-state index >= 15 is 0 Å². The van der Waals surface area contributed by atoms with E-state index in [0.717, 1.165) is 5.56 Å². The zero-order valence-corrected chi connectivity index (χ0v) is 13.9. The smallest absolute Gasteiger partial charge is 0.308 e. The molecule has 1 aromatic rings. The van der Waals surface area contributed by atoms with Crippen LogP contribution in [-0.4, -0.2) is 47.4 Å². The van der Waals surface area contributed by atoms with Crippen LogP contribution in [0.1, 0.15) is 37.7 Å². The van der Waals surface area contributed by atoms with Crippen LogP contribution in [0.15, 0.2) is 30.3 Å². The van der Waals surface area contributed by atoms with Gasteiger partial charge in [-0.1, -0.05) is 30.3 Å². The highest BCUT2D eigenvalue weighted by atomic mass is 16.4. The van der Waals surface area contributed by atoms with Gasteiger partial charge in [-0.25, -0.2) is 0 Å². The van der Waals surface area contributed by atoms with Crippen molar-refractivity contribution in [1.29, 1.82) is 0 Å². The fraction of sp³-hybridized carbons (Fsp3) is 0.500. The SMILES string of the molecule is CCNC(=O)CCCC(=O)N1C[C@H](C(=O)O)[C@H](c2ccccc2)C1. The van der Waals surface area contributed by atoms with Gasteiger partial charge in [-0.2, -0.15) is 0 Å². The maximum Gasteiger partial charge on any atom is 0.308 e. The van der Waals surface area contributed by atoms with E-state index in [0.29, 0.717) is 25.9 Å². The second-order valence-electron chi connectivity index (χ2n) is 6.07. The van der Waals surface area contributed by atoms with Gasteiger partial charge in [0.1, 0.15) is 0 Å². The Morgan fingerprint density at radius 1 is 1.17 bits per heavy atom. The highest BCUT2D eigenvalue weighted by molar-refractivity contribution is 5.81. The van der Waals surface area contributed by atoms with Gasteiger partial charge in [0.05, 0.1) is 5.92 Å². The second-order valence-corrected chi connectivity index (χ2v) is 6.07. The van der Waals surface area contributed by atoms with E-state index in [9.17, 15) is 19.5 Å². The zero-order valence-electron chi connectivity index (χ0n) is 13.9. The van der Waals surface area contributed by atoms with Crippen molar-refractivity contribution < 1.29 is 19.5 Å². The van der Waals surface area contributed by atoms with Crippen molar-refractivity contribution in [1.82, 2.24) is 10.2 Å². The maximum absolute atomic E-state index is 12.3. The van der Waals surface area contributed by atoms with E-state index in [-0.39, 0.29) is 30.7 Å². The summed E-state index contributed by atoms with van der Waals surface area (Å²) >= 11 is 0. The molecular formula is C18H24N2O4. The summed E-state index contributed by atoms with van der Waals surface area (Å²) in [4.78, 5) is 36.9. The monoisotopic (exact) mass is 332 g/mol. The number of carbonyl (C=O) groups excluding carboxylic acids is 2. The van der Waals surface area contributed by atoms with Gasteiger partial charge < -0.3 is 15.3 Å². The molecule has 2 atom stereocenters. The quantitative estimate of drug-likeness (QED) is 0.794. The van der Waals surface area contributed by atoms with E-state index in [2.05, 4.69) is 5.32 Å². The van der Waals surface area contributed by atoms with Crippen molar-refractivity contribution in [2.45, 2.75) is 32.1 Å². The molecule has 0 radical (unpaired) electrons. The Hall–Kier alpha value is -2.37. The minimum Gasteiger partial charge on any atom is -0.481 e. The Bertz CT molecular complexity index is 588. The van der Waals surface area contributed by atoms with Crippen LogP contribution in [0.25, 0.3) is 0 Å². The normalized spacial score (nSPS) is 20.0. The first kappa shape index (κ1) is 18.0. The number of aliphatic carboxylic acids is 1. The van der Waals surface area contributed by atoms with Gasteiger partial charge in [-0.05, 0) is 18.9 Å². The number of carbonyl (C=O) groups is 3. The predicted octanol–water partition coefficient (Wildman–Crippen LogP) is 1.62. The number of amides is 2. The van der Waals surface area contributed by atoms with Crippen molar-refractivity contribution in [2.24, 2.45) is 5.92 Å². The molecule has 0 bridgehead atoms. The lowest BCUT2D eigenvalue weighted by molar-refractivity contribution is -0.141. The van der Waals surface area contributed by atoms with Crippen LogP contribution in [0.4, 0.5) is 0 Å². The second kappa shape index (κ2) is 8.47. The molecule has 2 rings (SSSR count). The molecule has 0 saturated carbocycles. The summed E-state index contributed by atoms with van der Waals surface area (Å²) in [5.41, 5.74) is 0.947. The number of nitrogens with one attached hydrogen (secondary N) is 1. The number of nitrogens with zero attached hydrogens (tertiary/aromatic N) is 1. The zero-order chi connectivity index (χ0) is 17.5. The predicted molar refractivity (Wildman–Crippen MR) is 89.4 cm³/mol. The molecule has 0 spiro atoms. The molecule has 6 heteroatoms. The third-order valence-corrected chi connectivity index (χ3v) is 4.39. The van der Waals surface area contributed by atoms with Gasteiger partial charge in [0.15, 0.2) is 0 Å². The molecule has 2 N–H and O–H groups in total. The van der Waals surface area contributed by atoms with Gasteiger partial charge in [0.25, 0.3) is 0 Å². The largest absolute Gasteiger partial charge is 0.481 e. The lowest BCUT2D eigenvalue weighted by atomic mass is 9.89. The van der Waals surface area contributed by atoms with Crippen molar-refractivity contribution in [3.8, 4) is 0 Å². The van der Waals surface area contributed by atoms with E-state index in [1.807, 2.05) is 37.3 Å². The van der Waals surface area contributed by atoms with Crippen LogP contribution < -0.4 is 5.32 Å². The fourth-order valence-electron chi connectivity index (χ4n) is 3.14. The Balaban J connectivity index is 1.93. The number of benzene rings is 1. The number of hydrogen-bond acceptors (Lipinski definition) is 3. The molecule has 24 heavy (non-hydrogen) atoms. The maximum atomic E-state index is 12.3. The van der Waals surface area contributed by atoms with Gasteiger partial charge in [0.2, 0.25) is 11.8 Å². The minimum absolute atomic E-state index is 0.0581.